The molecule has 0 N–H and O–H groups in total. The highest BCUT2D eigenvalue weighted by Crippen LogP contribution is 2.32. The van der Waals surface area contributed by atoms with E-state index in [1.165, 1.54) is 0 Å². The van der Waals surface area contributed by atoms with E-state index < -0.39 is 0 Å². The second-order valence-electron chi connectivity index (χ2n) is 5.01. The standard InChI is InChI=1S/C17H16FN3/c1-12-11-20-16(14-8-3-5-9-19-14)15(18)17(12)21-10-6-4-7-13(21)2/h3-9,11H,10H2,1-2H3. The number of anilines is 1. The highest BCUT2D eigenvalue weighted by atomic mass is 19.1. The molecule has 0 atom stereocenters. The van der Waals surface area contributed by atoms with E-state index in [0.717, 1.165) is 11.3 Å². The van der Waals surface area contributed by atoms with Gasteiger partial charge in [0.05, 0.1) is 11.4 Å². The van der Waals surface area contributed by atoms with E-state index in [4.69, 9.17) is 0 Å². The van der Waals surface area contributed by atoms with Gasteiger partial charge in [0.15, 0.2) is 5.82 Å². The third-order valence-corrected chi connectivity index (χ3v) is 3.54. The van der Waals surface area contributed by atoms with Crippen molar-refractivity contribution in [1.29, 1.82) is 0 Å². The van der Waals surface area contributed by atoms with Crippen molar-refractivity contribution >= 4 is 5.69 Å². The van der Waals surface area contributed by atoms with Gasteiger partial charge in [-0.05, 0) is 37.6 Å². The van der Waals surface area contributed by atoms with Crippen LogP contribution in [0.5, 0.6) is 0 Å². The fourth-order valence-electron chi connectivity index (χ4n) is 2.45. The quantitative estimate of drug-likeness (QED) is 0.836. The SMILES string of the molecule is CC1=CC=CCN1c1c(C)cnc(-c2ccccn2)c1F. The number of rotatable bonds is 2. The number of hydrogen-bond donors (Lipinski definition) is 0. The first kappa shape index (κ1) is 13.5. The van der Waals surface area contributed by atoms with E-state index in [-0.39, 0.29) is 5.82 Å². The van der Waals surface area contributed by atoms with Gasteiger partial charge in [0, 0.05) is 24.6 Å². The molecular weight excluding hydrogens is 265 g/mol. The summed E-state index contributed by atoms with van der Waals surface area (Å²) in [4.78, 5) is 10.4. The summed E-state index contributed by atoms with van der Waals surface area (Å²) in [6.45, 7) is 4.51. The van der Waals surface area contributed by atoms with Gasteiger partial charge in [0.25, 0.3) is 0 Å². The zero-order valence-electron chi connectivity index (χ0n) is 12.0. The molecule has 0 radical (unpaired) electrons. The van der Waals surface area contributed by atoms with Gasteiger partial charge in [-0.15, -0.1) is 0 Å². The second-order valence-corrected chi connectivity index (χ2v) is 5.01. The number of allylic oxidation sites excluding steroid dienone is 3. The van der Waals surface area contributed by atoms with E-state index in [2.05, 4.69) is 9.97 Å². The molecule has 4 heteroatoms. The van der Waals surface area contributed by atoms with Crippen LogP contribution in [-0.2, 0) is 0 Å². The predicted molar refractivity (Wildman–Crippen MR) is 82.4 cm³/mol. The van der Waals surface area contributed by atoms with Crippen LogP contribution in [0.1, 0.15) is 12.5 Å². The second kappa shape index (κ2) is 5.48. The molecule has 21 heavy (non-hydrogen) atoms. The van der Waals surface area contributed by atoms with Crippen molar-refractivity contribution in [2.75, 3.05) is 11.4 Å². The first-order chi connectivity index (χ1) is 10.2. The molecule has 0 amide bonds. The summed E-state index contributed by atoms with van der Waals surface area (Å²) in [5, 5.41) is 0. The number of aromatic nitrogens is 2. The number of pyridine rings is 2. The van der Waals surface area contributed by atoms with Crippen LogP contribution in [-0.4, -0.2) is 16.5 Å². The van der Waals surface area contributed by atoms with Crippen LogP contribution < -0.4 is 4.90 Å². The summed E-state index contributed by atoms with van der Waals surface area (Å²) >= 11 is 0. The van der Waals surface area contributed by atoms with Crippen LogP contribution in [0, 0.1) is 12.7 Å². The maximum Gasteiger partial charge on any atom is 0.174 e. The summed E-state index contributed by atoms with van der Waals surface area (Å²) in [7, 11) is 0. The van der Waals surface area contributed by atoms with E-state index >= 15 is 0 Å². The van der Waals surface area contributed by atoms with Crippen LogP contribution in [0.25, 0.3) is 11.4 Å². The van der Waals surface area contributed by atoms with Crippen LogP contribution in [0.3, 0.4) is 0 Å². The molecule has 1 aliphatic heterocycles. The average molecular weight is 281 g/mol. The van der Waals surface area contributed by atoms with Crippen LogP contribution in [0.2, 0.25) is 0 Å². The number of hydrogen-bond acceptors (Lipinski definition) is 3. The summed E-state index contributed by atoms with van der Waals surface area (Å²) in [6, 6.07) is 5.40. The van der Waals surface area contributed by atoms with Gasteiger partial charge >= 0.3 is 0 Å². The Labute approximate surface area is 123 Å². The van der Waals surface area contributed by atoms with Gasteiger partial charge in [0.2, 0.25) is 0 Å². The normalized spacial score (nSPS) is 14.2. The van der Waals surface area contributed by atoms with E-state index in [9.17, 15) is 4.39 Å². The first-order valence-electron chi connectivity index (χ1n) is 6.86. The Morgan fingerprint density at radius 1 is 1.19 bits per heavy atom. The lowest BCUT2D eigenvalue weighted by Crippen LogP contribution is -2.25. The molecule has 0 unspecified atom stereocenters. The van der Waals surface area contributed by atoms with Gasteiger partial charge in [-0.3, -0.25) is 9.97 Å². The monoisotopic (exact) mass is 281 g/mol. The Balaban J connectivity index is 2.14. The molecule has 0 spiro atoms. The maximum atomic E-state index is 15.0. The van der Waals surface area contributed by atoms with Crippen LogP contribution in [0.4, 0.5) is 10.1 Å². The Morgan fingerprint density at radius 3 is 2.76 bits per heavy atom. The molecule has 2 aromatic rings. The third-order valence-electron chi connectivity index (χ3n) is 3.54. The fourth-order valence-corrected chi connectivity index (χ4v) is 2.45. The van der Waals surface area contributed by atoms with Crippen LogP contribution in [0.15, 0.2) is 54.5 Å². The fraction of sp³-hybridized carbons (Fsp3) is 0.176. The topological polar surface area (TPSA) is 29.0 Å². The zero-order chi connectivity index (χ0) is 14.8. The molecular formula is C17H16FN3. The van der Waals surface area contributed by atoms with Crippen molar-refractivity contribution in [3.8, 4) is 11.4 Å². The average Bonchev–Trinajstić information content (AvgIpc) is 2.50. The Morgan fingerprint density at radius 2 is 2.05 bits per heavy atom. The molecule has 3 rings (SSSR count). The van der Waals surface area contributed by atoms with Crippen molar-refractivity contribution in [2.45, 2.75) is 13.8 Å². The van der Waals surface area contributed by atoms with E-state index in [0.29, 0.717) is 23.6 Å². The number of aryl methyl sites for hydroxylation is 1. The lowest BCUT2D eigenvalue weighted by molar-refractivity contribution is 0.620. The Bertz CT molecular complexity index is 720. The molecule has 0 fully saturated rings. The number of halogens is 1. The summed E-state index contributed by atoms with van der Waals surface area (Å²) < 4.78 is 15.0. The van der Waals surface area contributed by atoms with E-state index in [1.807, 2.05) is 43.0 Å². The molecule has 106 valence electrons. The molecule has 0 saturated carbocycles. The summed E-state index contributed by atoms with van der Waals surface area (Å²) in [6.07, 6.45) is 9.31. The minimum Gasteiger partial charge on any atom is -0.339 e. The van der Waals surface area contributed by atoms with Crippen molar-refractivity contribution in [3.05, 3.63) is 65.9 Å². The zero-order valence-corrected chi connectivity index (χ0v) is 12.0. The molecule has 0 bridgehead atoms. The van der Waals surface area contributed by atoms with Crippen LogP contribution >= 0.6 is 0 Å². The predicted octanol–water partition coefficient (Wildman–Crippen LogP) is 3.87. The molecule has 3 nitrogen and oxygen atoms in total. The van der Waals surface area contributed by atoms with E-state index in [1.54, 1.807) is 24.5 Å². The Kier molecular flexibility index (Phi) is 3.52. The number of nitrogens with zero attached hydrogens (tertiary/aromatic N) is 3. The lowest BCUT2D eigenvalue weighted by atomic mass is 10.1. The summed E-state index contributed by atoms with van der Waals surface area (Å²) in [5.41, 5.74) is 3.24. The lowest BCUT2D eigenvalue weighted by Gasteiger charge is -2.28. The highest BCUT2D eigenvalue weighted by molar-refractivity contribution is 5.68. The smallest absolute Gasteiger partial charge is 0.174 e. The third kappa shape index (κ3) is 2.44. The minimum atomic E-state index is -0.322. The van der Waals surface area contributed by atoms with Crippen molar-refractivity contribution in [2.24, 2.45) is 0 Å². The molecule has 0 aromatic carbocycles. The molecule has 0 saturated heterocycles. The van der Waals surface area contributed by atoms with Crippen molar-refractivity contribution < 1.29 is 4.39 Å². The van der Waals surface area contributed by atoms with Gasteiger partial charge in [0.1, 0.15) is 5.69 Å². The molecule has 3 heterocycles. The van der Waals surface area contributed by atoms with Crippen molar-refractivity contribution in [1.82, 2.24) is 9.97 Å². The van der Waals surface area contributed by atoms with Gasteiger partial charge < -0.3 is 4.90 Å². The maximum absolute atomic E-state index is 15.0. The summed E-state index contributed by atoms with van der Waals surface area (Å²) in [5.74, 6) is -0.322. The van der Waals surface area contributed by atoms with Crippen molar-refractivity contribution in [3.63, 3.8) is 0 Å². The Hall–Kier alpha value is -2.49. The molecule has 1 aliphatic rings. The molecule has 0 aliphatic carbocycles. The largest absolute Gasteiger partial charge is 0.339 e. The van der Waals surface area contributed by atoms with Gasteiger partial charge in [-0.1, -0.05) is 18.2 Å². The minimum absolute atomic E-state index is 0.290. The first-order valence-corrected chi connectivity index (χ1v) is 6.86. The van der Waals surface area contributed by atoms with Gasteiger partial charge in [-0.2, -0.15) is 0 Å². The van der Waals surface area contributed by atoms with Gasteiger partial charge in [-0.25, -0.2) is 4.39 Å². The molecule has 2 aromatic heterocycles. The highest BCUT2D eigenvalue weighted by Gasteiger charge is 2.21.